The number of nitrogens with one attached hydrogen (secondary N) is 1. The summed E-state index contributed by atoms with van der Waals surface area (Å²) < 4.78 is 5.60. The number of nitrogen functional groups attached to an aromatic ring is 1. The first-order chi connectivity index (χ1) is 9.70. The number of hydrogen-bond acceptors (Lipinski definition) is 7. The smallest absolute Gasteiger partial charge is 0.247 e. The van der Waals surface area contributed by atoms with Crippen molar-refractivity contribution in [2.75, 3.05) is 5.73 Å². The number of anilines is 1. The molecule has 0 aliphatic carbocycles. The van der Waals surface area contributed by atoms with Gasteiger partial charge >= 0.3 is 0 Å². The lowest BCUT2D eigenvalue weighted by atomic mass is 10.1. The van der Waals surface area contributed by atoms with Crippen LogP contribution in [0.3, 0.4) is 0 Å². The third-order valence-electron chi connectivity index (χ3n) is 2.57. The summed E-state index contributed by atoms with van der Waals surface area (Å²) in [5.74, 6) is 1.82. The van der Waals surface area contributed by atoms with Crippen molar-refractivity contribution >= 4 is 17.7 Å². The molecule has 0 aliphatic heterocycles. The van der Waals surface area contributed by atoms with Crippen LogP contribution in [0.15, 0.2) is 33.8 Å². The first-order valence-corrected chi connectivity index (χ1v) is 6.89. The van der Waals surface area contributed by atoms with Crippen molar-refractivity contribution < 1.29 is 4.42 Å². The molecule has 3 aromatic rings. The fourth-order valence-corrected chi connectivity index (χ4v) is 2.22. The van der Waals surface area contributed by atoms with E-state index in [-0.39, 0.29) is 0 Å². The lowest BCUT2D eigenvalue weighted by Crippen LogP contribution is -1.85. The molecule has 2 aromatic heterocycles. The molecule has 0 saturated heterocycles. The molecule has 0 aliphatic rings. The molecule has 0 unspecified atom stereocenters. The predicted octanol–water partition coefficient (Wildman–Crippen LogP) is 2.04. The first-order valence-electron chi connectivity index (χ1n) is 5.91. The van der Waals surface area contributed by atoms with E-state index in [0.717, 1.165) is 5.56 Å². The Morgan fingerprint density at radius 2 is 2.05 bits per heavy atom. The Bertz CT molecular complexity index is 705. The van der Waals surface area contributed by atoms with Crippen molar-refractivity contribution in [3.8, 4) is 11.5 Å². The zero-order valence-corrected chi connectivity index (χ0v) is 11.5. The Morgan fingerprint density at radius 1 is 1.25 bits per heavy atom. The summed E-state index contributed by atoms with van der Waals surface area (Å²) in [6.45, 7) is 2.03. The lowest BCUT2D eigenvalue weighted by molar-refractivity contribution is 0.528. The fraction of sp³-hybridized carbons (Fsp3) is 0.167. The Kier molecular flexibility index (Phi) is 3.38. The summed E-state index contributed by atoms with van der Waals surface area (Å²) in [5.41, 5.74) is 7.54. The molecule has 0 bridgehead atoms. The number of aromatic nitrogens is 5. The summed E-state index contributed by atoms with van der Waals surface area (Å²) in [6.07, 6.45) is 0. The Labute approximate surface area is 119 Å². The van der Waals surface area contributed by atoms with E-state index in [0.29, 0.717) is 28.6 Å². The molecule has 7 nitrogen and oxygen atoms in total. The van der Waals surface area contributed by atoms with Gasteiger partial charge < -0.3 is 10.2 Å². The van der Waals surface area contributed by atoms with Gasteiger partial charge in [0, 0.05) is 5.56 Å². The lowest BCUT2D eigenvalue weighted by Gasteiger charge is -1.95. The van der Waals surface area contributed by atoms with Crippen LogP contribution >= 0.6 is 11.8 Å². The van der Waals surface area contributed by atoms with Gasteiger partial charge in [0.15, 0.2) is 0 Å². The minimum Gasteiger partial charge on any atom is -0.420 e. The van der Waals surface area contributed by atoms with Crippen molar-refractivity contribution in [2.24, 2.45) is 0 Å². The Hall–Kier alpha value is -2.35. The van der Waals surface area contributed by atoms with Gasteiger partial charge in [-0.05, 0) is 19.1 Å². The molecule has 102 valence electrons. The van der Waals surface area contributed by atoms with E-state index >= 15 is 0 Å². The monoisotopic (exact) mass is 288 g/mol. The topological polar surface area (TPSA) is 107 Å². The number of aryl methyl sites for hydroxylation is 1. The maximum absolute atomic E-state index is 5.60. The maximum atomic E-state index is 5.60. The SMILES string of the molecule is Cc1ccc(-c2nnc(CSc3n[nH]c(N)n3)o2)cc1. The number of nitrogens with zero attached hydrogens (tertiary/aromatic N) is 4. The minimum atomic E-state index is 0.290. The molecule has 3 N–H and O–H groups in total. The molecule has 2 heterocycles. The van der Waals surface area contributed by atoms with E-state index in [1.165, 1.54) is 17.3 Å². The average Bonchev–Trinajstić information content (AvgIpc) is 3.06. The molecule has 0 radical (unpaired) electrons. The average molecular weight is 288 g/mol. The van der Waals surface area contributed by atoms with Gasteiger partial charge in [0.25, 0.3) is 0 Å². The predicted molar refractivity (Wildman–Crippen MR) is 74.8 cm³/mol. The molecule has 8 heteroatoms. The van der Waals surface area contributed by atoms with Crippen LogP contribution in [0.1, 0.15) is 11.5 Å². The van der Waals surface area contributed by atoms with Gasteiger partial charge in [-0.3, -0.25) is 0 Å². The van der Waals surface area contributed by atoms with Crippen LogP contribution in [-0.4, -0.2) is 25.4 Å². The van der Waals surface area contributed by atoms with Gasteiger partial charge in [0.1, 0.15) is 0 Å². The van der Waals surface area contributed by atoms with Crippen molar-refractivity contribution in [2.45, 2.75) is 17.8 Å². The number of benzene rings is 1. The van der Waals surface area contributed by atoms with Crippen LogP contribution in [0.4, 0.5) is 5.95 Å². The molecular formula is C12H12N6OS. The van der Waals surface area contributed by atoms with Crippen LogP contribution in [0.25, 0.3) is 11.5 Å². The molecular weight excluding hydrogens is 276 g/mol. The number of rotatable bonds is 4. The van der Waals surface area contributed by atoms with Crippen LogP contribution in [0, 0.1) is 6.92 Å². The molecule has 0 fully saturated rings. The zero-order valence-electron chi connectivity index (χ0n) is 10.7. The normalized spacial score (nSPS) is 10.8. The van der Waals surface area contributed by atoms with Crippen molar-refractivity contribution in [3.05, 3.63) is 35.7 Å². The highest BCUT2D eigenvalue weighted by atomic mass is 32.2. The van der Waals surface area contributed by atoms with Crippen LogP contribution in [0.5, 0.6) is 0 Å². The van der Waals surface area contributed by atoms with Crippen molar-refractivity contribution in [1.82, 2.24) is 25.4 Å². The summed E-state index contributed by atoms with van der Waals surface area (Å²) in [5, 5.41) is 15.1. The maximum Gasteiger partial charge on any atom is 0.247 e. The molecule has 1 aromatic carbocycles. The van der Waals surface area contributed by atoms with Gasteiger partial charge in [-0.2, -0.15) is 4.98 Å². The highest BCUT2D eigenvalue weighted by Crippen LogP contribution is 2.22. The zero-order chi connectivity index (χ0) is 13.9. The molecule has 20 heavy (non-hydrogen) atoms. The number of nitrogens with two attached hydrogens (primary N) is 1. The molecule has 0 atom stereocenters. The van der Waals surface area contributed by atoms with Gasteiger partial charge in [-0.25, -0.2) is 5.10 Å². The number of thioether (sulfide) groups is 1. The summed E-state index contributed by atoms with van der Waals surface area (Å²) in [4.78, 5) is 3.98. The highest BCUT2D eigenvalue weighted by Gasteiger charge is 2.10. The second kappa shape index (κ2) is 5.33. The molecule has 0 spiro atoms. The van der Waals surface area contributed by atoms with E-state index < -0.39 is 0 Å². The molecule has 3 rings (SSSR count). The van der Waals surface area contributed by atoms with E-state index in [9.17, 15) is 0 Å². The minimum absolute atomic E-state index is 0.290. The molecule has 0 saturated carbocycles. The van der Waals surface area contributed by atoms with E-state index in [4.69, 9.17) is 10.2 Å². The van der Waals surface area contributed by atoms with Crippen molar-refractivity contribution in [1.29, 1.82) is 0 Å². The summed E-state index contributed by atoms with van der Waals surface area (Å²) in [6, 6.07) is 7.92. The highest BCUT2D eigenvalue weighted by molar-refractivity contribution is 7.98. The third kappa shape index (κ3) is 2.80. The fourth-order valence-electron chi connectivity index (χ4n) is 1.57. The number of aromatic amines is 1. The van der Waals surface area contributed by atoms with E-state index in [1.807, 2.05) is 31.2 Å². The summed E-state index contributed by atoms with van der Waals surface area (Å²) >= 11 is 1.38. The van der Waals surface area contributed by atoms with Gasteiger partial charge in [0.2, 0.25) is 22.9 Å². The van der Waals surface area contributed by atoms with Crippen LogP contribution < -0.4 is 5.73 Å². The van der Waals surface area contributed by atoms with Gasteiger partial charge in [0.05, 0.1) is 5.75 Å². The summed E-state index contributed by atoms with van der Waals surface area (Å²) in [7, 11) is 0. The number of hydrogen-bond donors (Lipinski definition) is 2. The van der Waals surface area contributed by atoms with Gasteiger partial charge in [-0.15, -0.1) is 15.3 Å². The van der Waals surface area contributed by atoms with Crippen LogP contribution in [-0.2, 0) is 5.75 Å². The largest absolute Gasteiger partial charge is 0.420 e. The van der Waals surface area contributed by atoms with Crippen molar-refractivity contribution in [3.63, 3.8) is 0 Å². The Morgan fingerprint density at radius 3 is 2.75 bits per heavy atom. The van der Waals surface area contributed by atoms with Crippen LogP contribution in [0.2, 0.25) is 0 Å². The second-order valence-corrected chi connectivity index (χ2v) is 5.10. The standard InChI is InChI=1S/C12H12N6OS/c1-7-2-4-8(5-3-7)10-16-15-9(19-10)6-20-12-14-11(13)17-18-12/h2-5H,6H2,1H3,(H3,13,14,17,18). The second-order valence-electron chi connectivity index (χ2n) is 4.16. The third-order valence-corrected chi connectivity index (χ3v) is 3.40. The van der Waals surface area contributed by atoms with Gasteiger partial charge in [-0.1, -0.05) is 29.5 Å². The van der Waals surface area contributed by atoms with E-state index in [1.54, 1.807) is 0 Å². The first kappa shape index (κ1) is 12.7. The quantitative estimate of drug-likeness (QED) is 0.707. The Balaban J connectivity index is 1.69. The number of H-pyrrole nitrogens is 1. The van der Waals surface area contributed by atoms with E-state index in [2.05, 4.69) is 25.4 Å². The molecule has 0 amide bonds.